The summed E-state index contributed by atoms with van der Waals surface area (Å²) in [6.45, 7) is 0. The van der Waals surface area contributed by atoms with E-state index in [4.69, 9.17) is 9.97 Å². The van der Waals surface area contributed by atoms with Crippen molar-refractivity contribution in [3.63, 3.8) is 0 Å². The summed E-state index contributed by atoms with van der Waals surface area (Å²) in [5.74, 6) is 3.54. The fourth-order valence-electron chi connectivity index (χ4n) is 12.8. The Kier molecular flexibility index (Phi) is 8.75. The number of aromatic nitrogens is 3. The lowest BCUT2D eigenvalue weighted by Gasteiger charge is -2.62. The summed E-state index contributed by atoms with van der Waals surface area (Å²) in [6, 6.07) is 72.8. The van der Waals surface area contributed by atoms with Crippen LogP contribution in [0.2, 0.25) is 0 Å². The average molecular weight is 835 g/mol. The highest BCUT2D eigenvalue weighted by Gasteiger charge is 2.58. The number of nitriles is 1. The Balaban J connectivity index is 1.01. The molecule has 0 N–H and O–H groups in total. The molecule has 8 aromatic carbocycles. The predicted molar refractivity (Wildman–Crippen MR) is 265 cm³/mol. The second-order valence-corrected chi connectivity index (χ2v) is 19.0. The van der Waals surface area contributed by atoms with Crippen LogP contribution < -0.4 is 0 Å². The van der Waals surface area contributed by atoms with Gasteiger partial charge in [-0.25, -0.2) is 9.97 Å². The van der Waals surface area contributed by atoms with Crippen LogP contribution in [0.4, 0.5) is 0 Å². The molecule has 4 nitrogen and oxygen atoms in total. The van der Waals surface area contributed by atoms with E-state index >= 15 is 0 Å². The maximum absolute atomic E-state index is 9.54. The molecule has 2 aromatic heterocycles. The molecule has 10 aromatic rings. The lowest BCUT2D eigenvalue weighted by Crippen LogP contribution is -2.56. The predicted octanol–water partition coefficient (Wildman–Crippen LogP) is 15.0. The van der Waals surface area contributed by atoms with Gasteiger partial charge in [0.25, 0.3) is 0 Å². The first-order valence-corrected chi connectivity index (χ1v) is 23.3. The topological polar surface area (TPSA) is 54.5 Å². The van der Waals surface area contributed by atoms with Crippen molar-refractivity contribution in [1.82, 2.24) is 14.5 Å². The maximum atomic E-state index is 9.54. The normalized spacial score (nSPS) is 21.0. The summed E-state index contributed by atoms with van der Waals surface area (Å²) >= 11 is 0. The van der Waals surface area contributed by atoms with Gasteiger partial charge in [-0.3, -0.25) is 0 Å². The van der Waals surface area contributed by atoms with E-state index in [1.165, 1.54) is 75.9 Å². The molecule has 0 amide bonds. The van der Waals surface area contributed by atoms with Gasteiger partial charge >= 0.3 is 0 Å². The van der Waals surface area contributed by atoms with Gasteiger partial charge in [-0.2, -0.15) is 5.26 Å². The molecule has 310 valence electrons. The number of nitrogens with zero attached hydrogens (tertiary/aromatic N) is 4. The lowest BCUT2D eigenvalue weighted by atomic mass is 9.42. The molecule has 14 rings (SSSR count). The second-order valence-electron chi connectivity index (χ2n) is 19.0. The number of hydrogen-bond acceptors (Lipinski definition) is 3. The van der Waals surface area contributed by atoms with Crippen LogP contribution in [-0.2, 0) is 5.41 Å². The summed E-state index contributed by atoms with van der Waals surface area (Å²) in [4.78, 5) is 10.5. The Hall–Kier alpha value is -7.61. The zero-order chi connectivity index (χ0) is 43.1. The van der Waals surface area contributed by atoms with Gasteiger partial charge in [0.2, 0.25) is 0 Å². The Morgan fingerprint density at radius 1 is 0.446 bits per heavy atom. The molecule has 2 heterocycles. The lowest BCUT2D eigenvalue weighted by molar-refractivity contribution is -0.0417. The quantitative estimate of drug-likeness (QED) is 0.161. The monoisotopic (exact) mass is 834 g/mol. The first-order valence-electron chi connectivity index (χ1n) is 23.3. The SMILES string of the molecule is N#Cc1ccc(-c2cccc(C3(c4ccc5c6ccc(-c7cc(-c8ccc9ccccc9c8)nc(-c8ccccc8)n7)cc6n(-c6ccccc6)c5c4)C4CC5CC(C4)CC3C5)c2)cc1. The summed E-state index contributed by atoms with van der Waals surface area (Å²) in [5.41, 5.74) is 14.3. The van der Waals surface area contributed by atoms with Gasteiger partial charge in [-0.1, -0.05) is 146 Å². The van der Waals surface area contributed by atoms with Gasteiger partial charge in [-0.15, -0.1) is 0 Å². The Morgan fingerprint density at radius 2 is 1.03 bits per heavy atom. The largest absolute Gasteiger partial charge is 0.309 e. The van der Waals surface area contributed by atoms with Gasteiger partial charge in [0, 0.05) is 38.6 Å². The second kappa shape index (κ2) is 15.0. The van der Waals surface area contributed by atoms with E-state index in [0.717, 1.165) is 56.7 Å². The van der Waals surface area contributed by atoms with Gasteiger partial charge in [-0.05, 0) is 137 Å². The van der Waals surface area contributed by atoms with Crippen LogP contribution in [0, 0.1) is 35.0 Å². The van der Waals surface area contributed by atoms with Gasteiger partial charge in [0.15, 0.2) is 5.82 Å². The standard InChI is InChI=1S/C61H46N4/c62-38-39-18-20-43(21-19-39)46-14-9-15-49(34-46)61(51-29-40-28-41(31-51)32-52(61)30-40)50-25-27-55-54-26-24-48(35-58(54)65(59(55)36-50)53-16-5-2-6-17-53)57-37-56(63-60(64-57)44-11-3-1-4-12-44)47-23-22-42-10-7-8-13-45(42)33-47/h1-27,33-37,40-41,51-52H,28-32H2. The molecule has 4 bridgehead atoms. The molecule has 4 saturated carbocycles. The van der Waals surface area contributed by atoms with Crippen molar-refractivity contribution in [3.05, 3.63) is 211 Å². The smallest absolute Gasteiger partial charge is 0.160 e. The first-order chi connectivity index (χ1) is 32.1. The van der Waals surface area contributed by atoms with E-state index in [-0.39, 0.29) is 5.41 Å². The molecule has 0 saturated heterocycles. The fourth-order valence-corrected chi connectivity index (χ4v) is 12.8. The van der Waals surface area contributed by atoms with Gasteiger partial charge in [0.05, 0.1) is 34.1 Å². The van der Waals surface area contributed by atoms with E-state index in [9.17, 15) is 5.26 Å². The van der Waals surface area contributed by atoms with Crippen LogP contribution in [0.5, 0.6) is 0 Å². The van der Waals surface area contributed by atoms with E-state index < -0.39 is 0 Å². The first kappa shape index (κ1) is 37.9. The Bertz CT molecular complexity index is 3480. The molecule has 4 heteroatoms. The minimum atomic E-state index is -0.0959. The van der Waals surface area contributed by atoms with Crippen LogP contribution in [0.15, 0.2) is 194 Å². The van der Waals surface area contributed by atoms with E-state index in [1.54, 1.807) is 0 Å². The van der Waals surface area contributed by atoms with E-state index in [1.807, 2.05) is 18.2 Å². The minimum Gasteiger partial charge on any atom is -0.309 e. The summed E-state index contributed by atoms with van der Waals surface area (Å²) in [6.07, 6.45) is 6.58. The highest BCUT2D eigenvalue weighted by molar-refractivity contribution is 6.10. The molecule has 65 heavy (non-hydrogen) atoms. The molecule has 4 aliphatic rings. The molecule has 0 radical (unpaired) electrons. The number of benzene rings is 8. The van der Waals surface area contributed by atoms with E-state index in [2.05, 4.69) is 187 Å². The highest BCUT2D eigenvalue weighted by atomic mass is 15.0. The van der Waals surface area contributed by atoms with Gasteiger partial charge in [0.1, 0.15) is 0 Å². The van der Waals surface area contributed by atoms with Gasteiger partial charge < -0.3 is 4.57 Å². The average Bonchev–Trinajstić information content (AvgIpc) is 3.69. The van der Waals surface area contributed by atoms with Crippen LogP contribution in [0.1, 0.15) is 48.8 Å². The molecule has 0 aliphatic heterocycles. The molecule has 4 aliphatic carbocycles. The number of hydrogen-bond donors (Lipinski definition) is 0. The molecule has 0 spiro atoms. The highest BCUT2D eigenvalue weighted by Crippen LogP contribution is 2.65. The Morgan fingerprint density at radius 3 is 1.75 bits per heavy atom. The summed E-state index contributed by atoms with van der Waals surface area (Å²) < 4.78 is 2.50. The molecule has 0 atom stereocenters. The zero-order valence-corrected chi connectivity index (χ0v) is 36.1. The molecule has 4 fully saturated rings. The third-order valence-electron chi connectivity index (χ3n) is 15.5. The molecular formula is C61H46N4. The van der Waals surface area contributed by atoms with Crippen molar-refractivity contribution in [3.8, 4) is 56.8 Å². The van der Waals surface area contributed by atoms with Crippen molar-refractivity contribution >= 4 is 32.6 Å². The zero-order valence-electron chi connectivity index (χ0n) is 36.1. The molecule has 0 unspecified atom stereocenters. The third-order valence-corrected chi connectivity index (χ3v) is 15.5. The van der Waals surface area contributed by atoms with Crippen LogP contribution in [0.25, 0.3) is 83.3 Å². The number of para-hydroxylation sites is 1. The van der Waals surface area contributed by atoms with Crippen molar-refractivity contribution in [1.29, 1.82) is 5.26 Å². The number of fused-ring (bicyclic) bond motifs is 4. The van der Waals surface area contributed by atoms with Crippen LogP contribution >= 0.6 is 0 Å². The Labute approximate surface area is 379 Å². The summed E-state index contributed by atoms with van der Waals surface area (Å²) in [7, 11) is 0. The maximum Gasteiger partial charge on any atom is 0.160 e. The van der Waals surface area contributed by atoms with Crippen LogP contribution in [0.3, 0.4) is 0 Å². The van der Waals surface area contributed by atoms with Crippen molar-refractivity contribution in [2.45, 2.75) is 37.5 Å². The number of rotatable bonds is 7. The van der Waals surface area contributed by atoms with Crippen molar-refractivity contribution in [2.24, 2.45) is 23.7 Å². The van der Waals surface area contributed by atoms with Crippen molar-refractivity contribution in [2.75, 3.05) is 0 Å². The fraction of sp³-hybridized carbons (Fsp3) is 0.164. The third kappa shape index (κ3) is 6.17. The van der Waals surface area contributed by atoms with E-state index in [0.29, 0.717) is 23.2 Å². The summed E-state index contributed by atoms with van der Waals surface area (Å²) in [5, 5.41) is 14.4. The van der Waals surface area contributed by atoms with Crippen LogP contribution in [-0.4, -0.2) is 14.5 Å². The minimum absolute atomic E-state index is 0.0959. The molecular weight excluding hydrogens is 789 g/mol. The van der Waals surface area contributed by atoms with Crippen molar-refractivity contribution < 1.29 is 0 Å².